The molecule has 30 heavy (non-hydrogen) atoms. The first-order valence-corrected chi connectivity index (χ1v) is 9.62. The molecule has 0 aliphatic carbocycles. The highest BCUT2D eigenvalue weighted by molar-refractivity contribution is 6.04. The second kappa shape index (κ2) is 8.25. The molecular formula is C25H21NO4. The van der Waals surface area contributed by atoms with E-state index in [0.717, 1.165) is 27.8 Å². The second-order valence-corrected chi connectivity index (χ2v) is 7.21. The van der Waals surface area contributed by atoms with Crippen LogP contribution in [0.4, 0.5) is 5.69 Å². The molecule has 0 aliphatic heterocycles. The average Bonchev–Trinajstić information content (AvgIpc) is 2.74. The molecule has 0 bridgehead atoms. The molecule has 150 valence electrons. The fourth-order valence-corrected chi connectivity index (χ4v) is 3.15. The van der Waals surface area contributed by atoms with E-state index in [1.54, 1.807) is 18.2 Å². The summed E-state index contributed by atoms with van der Waals surface area (Å²) in [5, 5.41) is 3.76. The molecular weight excluding hydrogens is 378 g/mol. The Morgan fingerprint density at radius 2 is 1.67 bits per heavy atom. The summed E-state index contributed by atoms with van der Waals surface area (Å²) in [6.07, 6.45) is 0. The molecule has 5 heteroatoms. The van der Waals surface area contributed by atoms with Crippen LogP contribution in [0.25, 0.3) is 11.0 Å². The van der Waals surface area contributed by atoms with Crippen molar-refractivity contribution in [2.24, 2.45) is 0 Å². The number of anilines is 1. The van der Waals surface area contributed by atoms with Crippen LogP contribution >= 0.6 is 0 Å². The van der Waals surface area contributed by atoms with Crippen molar-refractivity contribution in [3.05, 3.63) is 105 Å². The number of ether oxygens (including phenoxy) is 1. The van der Waals surface area contributed by atoms with Crippen molar-refractivity contribution in [1.29, 1.82) is 0 Å². The molecule has 0 fully saturated rings. The third-order valence-electron chi connectivity index (χ3n) is 4.85. The average molecular weight is 399 g/mol. The van der Waals surface area contributed by atoms with Crippen molar-refractivity contribution < 1.29 is 13.9 Å². The van der Waals surface area contributed by atoms with E-state index in [2.05, 4.69) is 5.32 Å². The Bertz CT molecular complexity index is 1260. The van der Waals surface area contributed by atoms with Gasteiger partial charge in [-0.25, -0.2) is 4.79 Å². The number of carbonyl (C=O) groups is 1. The van der Waals surface area contributed by atoms with Crippen molar-refractivity contribution in [2.45, 2.75) is 20.5 Å². The normalized spacial score (nSPS) is 10.7. The zero-order chi connectivity index (χ0) is 21.1. The van der Waals surface area contributed by atoms with Gasteiger partial charge in [0, 0.05) is 28.8 Å². The SMILES string of the molecule is Cc1ccc(NC(=O)c2ccc(COc3ccc4c(C)cc(=O)oc4c3)cc2)cc1. The number of benzene rings is 3. The smallest absolute Gasteiger partial charge is 0.336 e. The van der Waals surface area contributed by atoms with Gasteiger partial charge in [0.25, 0.3) is 5.91 Å². The topological polar surface area (TPSA) is 68.5 Å². The summed E-state index contributed by atoms with van der Waals surface area (Å²) < 4.78 is 11.1. The van der Waals surface area contributed by atoms with Gasteiger partial charge >= 0.3 is 5.63 Å². The maximum atomic E-state index is 12.4. The Balaban J connectivity index is 1.41. The summed E-state index contributed by atoms with van der Waals surface area (Å²) in [6.45, 7) is 4.21. The molecule has 1 amide bonds. The Hall–Kier alpha value is -3.86. The van der Waals surface area contributed by atoms with Gasteiger partial charge in [0.2, 0.25) is 0 Å². The van der Waals surface area contributed by atoms with Crippen LogP contribution in [0, 0.1) is 13.8 Å². The van der Waals surface area contributed by atoms with Crippen molar-refractivity contribution in [2.75, 3.05) is 5.32 Å². The van der Waals surface area contributed by atoms with E-state index in [1.807, 2.05) is 62.4 Å². The monoisotopic (exact) mass is 399 g/mol. The number of hydrogen-bond acceptors (Lipinski definition) is 4. The lowest BCUT2D eigenvalue weighted by Gasteiger charge is -2.09. The van der Waals surface area contributed by atoms with Gasteiger partial charge in [-0.05, 0) is 61.4 Å². The maximum Gasteiger partial charge on any atom is 0.336 e. The zero-order valence-corrected chi connectivity index (χ0v) is 16.8. The molecule has 4 aromatic rings. The van der Waals surface area contributed by atoms with Crippen LogP contribution in [0.5, 0.6) is 5.75 Å². The number of aryl methyl sites for hydroxylation is 2. The molecule has 1 heterocycles. The van der Waals surface area contributed by atoms with Crippen molar-refractivity contribution in [1.82, 2.24) is 0 Å². The fraction of sp³-hybridized carbons (Fsp3) is 0.120. The van der Waals surface area contributed by atoms with E-state index in [0.29, 0.717) is 23.5 Å². The Morgan fingerprint density at radius 3 is 2.40 bits per heavy atom. The van der Waals surface area contributed by atoms with Crippen LogP contribution in [0.2, 0.25) is 0 Å². The molecule has 0 aliphatic rings. The molecule has 0 saturated heterocycles. The van der Waals surface area contributed by atoms with Gasteiger partial charge in [0.05, 0.1) is 0 Å². The molecule has 0 saturated carbocycles. The molecule has 3 aromatic carbocycles. The van der Waals surface area contributed by atoms with Gasteiger partial charge in [0.1, 0.15) is 17.9 Å². The standard InChI is InChI=1S/C25H21NO4/c1-16-3-9-20(10-4-16)26-25(28)19-7-5-18(6-8-19)15-29-21-11-12-22-17(2)13-24(27)30-23(22)14-21/h3-14H,15H2,1-2H3,(H,26,28). The van der Waals surface area contributed by atoms with Crippen LogP contribution in [-0.4, -0.2) is 5.91 Å². The van der Waals surface area contributed by atoms with E-state index < -0.39 is 0 Å². The quantitative estimate of drug-likeness (QED) is 0.466. The number of carbonyl (C=O) groups excluding carboxylic acids is 1. The summed E-state index contributed by atoms with van der Waals surface area (Å²) in [6, 6.07) is 21.8. The molecule has 5 nitrogen and oxygen atoms in total. The van der Waals surface area contributed by atoms with Crippen molar-refractivity contribution in [3.8, 4) is 5.75 Å². The summed E-state index contributed by atoms with van der Waals surface area (Å²) in [7, 11) is 0. The highest BCUT2D eigenvalue weighted by atomic mass is 16.5. The minimum Gasteiger partial charge on any atom is -0.489 e. The molecule has 1 aromatic heterocycles. The van der Waals surface area contributed by atoms with Gasteiger partial charge in [-0.1, -0.05) is 29.8 Å². The lowest BCUT2D eigenvalue weighted by atomic mass is 10.1. The van der Waals surface area contributed by atoms with E-state index in [-0.39, 0.29) is 11.5 Å². The van der Waals surface area contributed by atoms with Gasteiger partial charge in [-0.3, -0.25) is 4.79 Å². The van der Waals surface area contributed by atoms with Crippen molar-refractivity contribution in [3.63, 3.8) is 0 Å². The number of fused-ring (bicyclic) bond motifs is 1. The Kier molecular flexibility index (Phi) is 5.35. The zero-order valence-electron chi connectivity index (χ0n) is 16.8. The Labute approximate surface area is 173 Å². The van der Waals surface area contributed by atoms with Crippen LogP contribution in [-0.2, 0) is 6.61 Å². The predicted octanol–water partition coefficient (Wildman–Crippen LogP) is 5.24. The van der Waals surface area contributed by atoms with Crippen LogP contribution < -0.4 is 15.7 Å². The summed E-state index contributed by atoms with van der Waals surface area (Å²) in [5.41, 5.74) is 4.39. The third kappa shape index (κ3) is 4.41. The molecule has 0 atom stereocenters. The minimum absolute atomic E-state index is 0.161. The predicted molar refractivity (Wildman–Crippen MR) is 117 cm³/mol. The van der Waals surface area contributed by atoms with E-state index in [9.17, 15) is 9.59 Å². The van der Waals surface area contributed by atoms with E-state index in [1.165, 1.54) is 6.07 Å². The molecule has 0 radical (unpaired) electrons. The summed E-state index contributed by atoms with van der Waals surface area (Å²) >= 11 is 0. The lowest BCUT2D eigenvalue weighted by molar-refractivity contribution is 0.102. The molecule has 0 unspecified atom stereocenters. The number of hydrogen-bond donors (Lipinski definition) is 1. The molecule has 0 spiro atoms. The second-order valence-electron chi connectivity index (χ2n) is 7.21. The minimum atomic E-state index is -0.378. The first-order chi connectivity index (χ1) is 14.5. The van der Waals surface area contributed by atoms with Crippen LogP contribution in [0.1, 0.15) is 27.0 Å². The highest BCUT2D eigenvalue weighted by Crippen LogP contribution is 2.23. The van der Waals surface area contributed by atoms with Gasteiger partial charge < -0.3 is 14.5 Å². The number of nitrogens with one attached hydrogen (secondary N) is 1. The fourth-order valence-electron chi connectivity index (χ4n) is 3.15. The first-order valence-electron chi connectivity index (χ1n) is 9.62. The van der Waals surface area contributed by atoms with Crippen molar-refractivity contribution >= 4 is 22.6 Å². The summed E-state index contributed by atoms with van der Waals surface area (Å²) in [4.78, 5) is 24.0. The number of amides is 1. The Morgan fingerprint density at radius 1 is 0.933 bits per heavy atom. The lowest BCUT2D eigenvalue weighted by Crippen LogP contribution is -2.11. The van der Waals surface area contributed by atoms with Crippen LogP contribution in [0.3, 0.4) is 0 Å². The maximum absolute atomic E-state index is 12.4. The van der Waals surface area contributed by atoms with Gasteiger partial charge in [-0.15, -0.1) is 0 Å². The third-order valence-corrected chi connectivity index (χ3v) is 4.85. The van der Waals surface area contributed by atoms with Gasteiger partial charge in [0.15, 0.2) is 0 Å². The largest absolute Gasteiger partial charge is 0.489 e. The number of rotatable bonds is 5. The van der Waals surface area contributed by atoms with E-state index >= 15 is 0 Å². The van der Waals surface area contributed by atoms with Crippen LogP contribution in [0.15, 0.2) is 82.0 Å². The highest BCUT2D eigenvalue weighted by Gasteiger charge is 2.07. The molecule has 4 rings (SSSR count). The summed E-state index contributed by atoms with van der Waals surface area (Å²) in [5.74, 6) is 0.448. The first kappa shape index (κ1) is 19.5. The molecule has 1 N–H and O–H groups in total. The van der Waals surface area contributed by atoms with Gasteiger partial charge in [-0.2, -0.15) is 0 Å². The van der Waals surface area contributed by atoms with E-state index in [4.69, 9.17) is 9.15 Å².